The monoisotopic (exact) mass is 234 g/mol. The fraction of sp³-hybridized carbons (Fsp3) is 0.100. The van der Waals surface area contributed by atoms with Gasteiger partial charge in [-0.15, -0.1) is 11.3 Å². The van der Waals surface area contributed by atoms with Gasteiger partial charge in [-0.25, -0.2) is 4.98 Å². The van der Waals surface area contributed by atoms with Gasteiger partial charge < -0.3 is 11.1 Å². The number of nitrogen functional groups attached to an aromatic ring is 1. The van der Waals surface area contributed by atoms with Gasteiger partial charge in [0.15, 0.2) is 5.13 Å². The molecule has 16 heavy (non-hydrogen) atoms. The maximum atomic E-state index is 11.7. The van der Waals surface area contributed by atoms with E-state index in [1.807, 2.05) is 6.92 Å². The highest BCUT2D eigenvalue weighted by Crippen LogP contribution is 2.13. The van der Waals surface area contributed by atoms with Gasteiger partial charge in [0.25, 0.3) is 5.91 Å². The Morgan fingerprint density at radius 2 is 2.38 bits per heavy atom. The first-order chi connectivity index (χ1) is 7.65. The number of hydrogen-bond acceptors (Lipinski definition) is 5. The van der Waals surface area contributed by atoms with Crippen LogP contribution in [-0.2, 0) is 0 Å². The van der Waals surface area contributed by atoms with Crippen molar-refractivity contribution in [3.05, 3.63) is 35.1 Å². The lowest BCUT2D eigenvalue weighted by Crippen LogP contribution is -2.12. The molecule has 2 rings (SSSR count). The minimum atomic E-state index is -0.265. The van der Waals surface area contributed by atoms with Crippen LogP contribution in [0, 0.1) is 6.92 Å². The average Bonchev–Trinajstić information content (AvgIpc) is 2.65. The van der Waals surface area contributed by atoms with E-state index in [9.17, 15) is 4.79 Å². The summed E-state index contributed by atoms with van der Waals surface area (Å²) < 4.78 is 0. The number of aryl methyl sites for hydroxylation is 1. The van der Waals surface area contributed by atoms with Crippen molar-refractivity contribution >= 4 is 28.1 Å². The highest BCUT2D eigenvalue weighted by Gasteiger charge is 2.09. The second-order valence-corrected chi connectivity index (χ2v) is 4.10. The Kier molecular flexibility index (Phi) is 2.82. The lowest BCUT2D eigenvalue weighted by molar-refractivity contribution is 0.102. The van der Waals surface area contributed by atoms with Crippen LogP contribution in [-0.4, -0.2) is 15.9 Å². The molecule has 2 aromatic heterocycles. The van der Waals surface area contributed by atoms with Crippen LogP contribution in [0.1, 0.15) is 16.2 Å². The molecule has 0 saturated carbocycles. The summed E-state index contributed by atoms with van der Waals surface area (Å²) in [5.74, 6) is -0.265. The number of aromatic nitrogens is 2. The summed E-state index contributed by atoms with van der Waals surface area (Å²) in [5.41, 5.74) is 7.32. The Labute approximate surface area is 96.3 Å². The van der Waals surface area contributed by atoms with Gasteiger partial charge in [0.1, 0.15) is 5.69 Å². The van der Waals surface area contributed by atoms with Crippen molar-refractivity contribution in [2.45, 2.75) is 6.92 Å². The van der Waals surface area contributed by atoms with Crippen molar-refractivity contribution in [2.24, 2.45) is 0 Å². The number of nitrogens with two attached hydrogens (primary N) is 1. The van der Waals surface area contributed by atoms with Gasteiger partial charge in [0.05, 0.1) is 0 Å². The summed E-state index contributed by atoms with van der Waals surface area (Å²) in [5, 5.41) is 4.73. The molecule has 0 aliphatic carbocycles. The molecule has 0 saturated heterocycles. The normalized spacial score (nSPS) is 10.1. The Morgan fingerprint density at radius 1 is 1.56 bits per heavy atom. The van der Waals surface area contributed by atoms with Gasteiger partial charge in [0, 0.05) is 23.0 Å². The van der Waals surface area contributed by atoms with Crippen LogP contribution in [0.3, 0.4) is 0 Å². The number of pyridine rings is 1. The first kappa shape index (κ1) is 10.6. The molecule has 3 N–H and O–H groups in total. The molecule has 5 nitrogen and oxygen atoms in total. The lowest BCUT2D eigenvalue weighted by Gasteiger charge is -2.02. The molecule has 6 heteroatoms. The minimum absolute atomic E-state index is 0.265. The van der Waals surface area contributed by atoms with Gasteiger partial charge in [-0.05, 0) is 19.1 Å². The molecule has 0 unspecified atom stereocenters. The molecule has 0 aliphatic heterocycles. The van der Waals surface area contributed by atoms with Crippen molar-refractivity contribution in [3.63, 3.8) is 0 Å². The Bertz CT molecular complexity index is 523. The molecule has 1 amide bonds. The average molecular weight is 234 g/mol. The summed E-state index contributed by atoms with van der Waals surface area (Å²) in [4.78, 5) is 19.6. The van der Waals surface area contributed by atoms with Crippen LogP contribution in [0.15, 0.2) is 23.7 Å². The van der Waals surface area contributed by atoms with Crippen molar-refractivity contribution in [1.29, 1.82) is 0 Å². The molecule has 0 aliphatic rings. The van der Waals surface area contributed by atoms with E-state index in [2.05, 4.69) is 15.3 Å². The zero-order valence-corrected chi connectivity index (χ0v) is 9.41. The summed E-state index contributed by atoms with van der Waals surface area (Å²) in [6.45, 7) is 1.86. The van der Waals surface area contributed by atoms with Crippen molar-refractivity contribution < 1.29 is 4.79 Å². The standard InChI is InChI=1S/C10H10N4OS/c1-6-4-7(2-3-12-6)13-9(15)8-5-16-10(11)14-8/h2-5H,1H3,(H2,11,14)(H,12,13,15). The van der Waals surface area contributed by atoms with E-state index in [1.165, 1.54) is 11.3 Å². The van der Waals surface area contributed by atoms with Gasteiger partial charge >= 0.3 is 0 Å². The fourth-order valence-electron chi connectivity index (χ4n) is 1.21. The molecule has 0 bridgehead atoms. The first-order valence-corrected chi connectivity index (χ1v) is 5.48. The SMILES string of the molecule is Cc1cc(NC(=O)c2csc(N)n2)ccn1. The number of carbonyl (C=O) groups excluding carboxylic acids is 1. The van der Waals surface area contributed by atoms with Crippen LogP contribution in [0.4, 0.5) is 10.8 Å². The van der Waals surface area contributed by atoms with Gasteiger partial charge in [0.2, 0.25) is 0 Å². The molecule has 0 aromatic carbocycles. The van der Waals surface area contributed by atoms with Crippen molar-refractivity contribution in [3.8, 4) is 0 Å². The third kappa shape index (κ3) is 2.34. The van der Waals surface area contributed by atoms with Gasteiger partial charge in [-0.2, -0.15) is 0 Å². The van der Waals surface area contributed by atoms with E-state index in [4.69, 9.17) is 5.73 Å². The molecule has 0 fully saturated rings. The summed E-state index contributed by atoms with van der Waals surface area (Å²) in [6.07, 6.45) is 1.64. The number of nitrogens with zero attached hydrogens (tertiary/aromatic N) is 2. The Morgan fingerprint density at radius 3 is 3.00 bits per heavy atom. The second-order valence-electron chi connectivity index (χ2n) is 3.21. The maximum Gasteiger partial charge on any atom is 0.275 e. The minimum Gasteiger partial charge on any atom is -0.375 e. The van der Waals surface area contributed by atoms with Crippen molar-refractivity contribution in [2.75, 3.05) is 11.1 Å². The van der Waals surface area contributed by atoms with E-state index in [-0.39, 0.29) is 5.91 Å². The number of thiazole rings is 1. The van der Waals surface area contributed by atoms with Crippen LogP contribution in [0.2, 0.25) is 0 Å². The summed E-state index contributed by atoms with van der Waals surface area (Å²) in [7, 11) is 0. The van der Waals surface area contributed by atoms with Crippen LogP contribution >= 0.6 is 11.3 Å². The summed E-state index contributed by atoms with van der Waals surface area (Å²) in [6, 6.07) is 3.51. The molecule has 0 spiro atoms. The van der Waals surface area contributed by atoms with E-state index < -0.39 is 0 Å². The van der Waals surface area contributed by atoms with E-state index in [1.54, 1.807) is 23.7 Å². The topological polar surface area (TPSA) is 80.9 Å². The number of nitrogens with one attached hydrogen (secondary N) is 1. The maximum absolute atomic E-state index is 11.7. The molecular weight excluding hydrogens is 224 g/mol. The van der Waals surface area contributed by atoms with Gasteiger partial charge in [-0.1, -0.05) is 0 Å². The molecule has 2 aromatic rings. The highest BCUT2D eigenvalue weighted by atomic mass is 32.1. The third-order valence-electron chi connectivity index (χ3n) is 1.91. The first-order valence-electron chi connectivity index (χ1n) is 4.60. The van der Waals surface area contributed by atoms with Crippen LogP contribution in [0.25, 0.3) is 0 Å². The second kappa shape index (κ2) is 4.28. The van der Waals surface area contributed by atoms with E-state index in [0.29, 0.717) is 16.5 Å². The number of anilines is 2. The zero-order chi connectivity index (χ0) is 11.5. The van der Waals surface area contributed by atoms with Crippen LogP contribution < -0.4 is 11.1 Å². The smallest absolute Gasteiger partial charge is 0.275 e. The quantitative estimate of drug-likeness (QED) is 0.828. The Hall–Kier alpha value is -1.95. The fourth-order valence-corrected chi connectivity index (χ4v) is 1.75. The molecule has 0 atom stereocenters. The molecule has 2 heterocycles. The van der Waals surface area contributed by atoms with E-state index in [0.717, 1.165) is 5.69 Å². The van der Waals surface area contributed by atoms with Crippen molar-refractivity contribution in [1.82, 2.24) is 9.97 Å². The van der Waals surface area contributed by atoms with Gasteiger partial charge in [-0.3, -0.25) is 9.78 Å². The van der Waals surface area contributed by atoms with E-state index >= 15 is 0 Å². The predicted octanol–water partition coefficient (Wildman–Crippen LogP) is 1.68. The molecule has 82 valence electrons. The third-order valence-corrected chi connectivity index (χ3v) is 2.58. The number of hydrogen-bond donors (Lipinski definition) is 2. The zero-order valence-electron chi connectivity index (χ0n) is 8.60. The van der Waals surface area contributed by atoms with Crippen LogP contribution in [0.5, 0.6) is 0 Å². The summed E-state index contributed by atoms with van der Waals surface area (Å²) >= 11 is 1.24. The predicted molar refractivity (Wildman–Crippen MR) is 63.5 cm³/mol. The molecule has 0 radical (unpaired) electrons. The number of rotatable bonds is 2. The lowest BCUT2D eigenvalue weighted by atomic mass is 10.3. The Balaban J connectivity index is 2.13. The number of amides is 1. The largest absolute Gasteiger partial charge is 0.375 e. The highest BCUT2D eigenvalue weighted by molar-refractivity contribution is 7.13. The number of carbonyl (C=O) groups is 1. The molecular formula is C10H10N4OS.